The summed E-state index contributed by atoms with van der Waals surface area (Å²) in [7, 11) is 0. The van der Waals surface area contributed by atoms with Crippen LogP contribution >= 0.6 is 0 Å². The zero-order valence-electron chi connectivity index (χ0n) is 11.9. The molecule has 3 fully saturated rings. The van der Waals surface area contributed by atoms with Crippen molar-refractivity contribution < 1.29 is 0 Å². The van der Waals surface area contributed by atoms with E-state index in [-0.39, 0.29) is 0 Å². The smallest absolute Gasteiger partial charge is 0.0105 e. The van der Waals surface area contributed by atoms with Crippen LogP contribution in [0.25, 0.3) is 0 Å². The lowest BCUT2D eigenvalue weighted by Gasteiger charge is -2.58. The average molecular weight is 240 g/mol. The first-order valence-electron chi connectivity index (χ1n) is 7.70. The summed E-state index contributed by atoms with van der Waals surface area (Å²) in [5.41, 5.74) is 3.37. The maximum absolute atomic E-state index is 2.59. The van der Waals surface area contributed by atoms with E-state index in [1.54, 1.807) is 5.56 Å². The lowest BCUT2D eigenvalue weighted by molar-refractivity contribution is -0.0483. The van der Waals surface area contributed by atoms with Crippen molar-refractivity contribution in [3.8, 4) is 0 Å². The maximum atomic E-state index is 2.59. The van der Waals surface area contributed by atoms with Gasteiger partial charge in [-0.2, -0.15) is 0 Å². The molecule has 0 amide bonds. The van der Waals surface area contributed by atoms with Crippen molar-refractivity contribution in [1.82, 2.24) is 0 Å². The molecule has 0 unspecified atom stereocenters. The Morgan fingerprint density at radius 3 is 2.28 bits per heavy atom. The minimum atomic E-state index is 0.542. The molecule has 1 aromatic rings. The van der Waals surface area contributed by atoms with Gasteiger partial charge in [-0.15, -0.1) is 0 Å². The minimum Gasteiger partial charge on any atom is -0.0654 e. The van der Waals surface area contributed by atoms with Crippen LogP contribution in [0.2, 0.25) is 0 Å². The van der Waals surface area contributed by atoms with Gasteiger partial charge in [-0.1, -0.05) is 57.5 Å². The van der Waals surface area contributed by atoms with E-state index < -0.39 is 0 Å². The van der Waals surface area contributed by atoms with Crippen molar-refractivity contribution in [2.75, 3.05) is 0 Å². The molecule has 0 saturated heterocycles. The normalized spacial score (nSPS) is 51.7. The van der Waals surface area contributed by atoms with Gasteiger partial charge in [0.15, 0.2) is 0 Å². The van der Waals surface area contributed by atoms with E-state index >= 15 is 0 Å². The summed E-state index contributed by atoms with van der Waals surface area (Å²) < 4.78 is 0. The zero-order chi connectivity index (χ0) is 12.6. The molecule has 0 heteroatoms. The van der Waals surface area contributed by atoms with E-state index in [1.165, 1.54) is 25.7 Å². The lowest BCUT2D eigenvalue weighted by atomic mass is 9.46. The fraction of sp³-hybridized carbons (Fsp3) is 0.667. The third-order valence-corrected chi connectivity index (χ3v) is 7.32. The molecular weight excluding hydrogens is 216 g/mol. The van der Waals surface area contributed by atoms with Crippen LogP contribution in [-0.4, -0.2) is 0 Å². The molecule has 18 heavy (non-hydrogen) atoms. The highest BCUT2D eigenvalue weighted by atomic mass is 15.0. The number of fused-ring (bicyclic) bond motifs is 4. The van der Waals surface area contributed by atoms with Gasteiger partial charge in [0.25, 0.3) is 0 Å². The molecule has 0 aromatic heterocycles. The SMILES string of the molecule is CCC[C@]1(C)[C@]2(C)[C@@H]3CC[C@H]3[C@@]12c1ccccc1. The number of hydrogen-bond acceptors (Lipinski definition) is 0. The van der Waals surface area contributed by atoms with Gasteiger partial charge in [-0.3, -0.25) is 0 Å². The Morgan fingerprint density at radius 2 is 1.72 bits per heavy atom. The Hall–Kier alpha value is -0.780. The minimum absolute atomic E-state index is 0.542. The second kappa shape index (κ2) is 3.03. The van der Waals surface area contributed by atoms with Gasteiger partial charge in [0.2, 0.25) is 0 Å². The van der Waals surface area contributed by atoms with Crippen molar-refractivity contribution in [3.63, 3.8) is 0 Å². The van der Waals surface area contributed by atoms with Crippen LogP contribution in [0.4, 0.5) is 0 Å². The molecule has 0 spiro atoms. The summed E-state index contributed by atoms with van der Waals surface area (Å²) in [5.74, 6) is 2.04. The average Bonchev–Trinajstić information content (AvgIpc) is 2.69. The molecule has 0 nitrogen and oxygen atoms in total. The first-order valence-corrected chi connectivity index (χ1v) is 7.70. The quantitative estimate of drug-likeness (QED) is 0.712. The van der Waals surface area contributed by atoms with Gasteiger partial charge in [0, 0.05) is 5.41 Å². The van der Waals surface area contributed by atoms with E-state index in [0.29, 0.717) is 16.2 Å². The van der Waals surface area contributed by atoms with Gasteiger partial charge >= 0.3 is 0 Å². The summed E-state index contributed by atoms with van der Waals surface area (Å²) in [6.45, 7) is 7.53. The maximum Gasteiger partial charge on any atom is 0.0105 e. The largest absolute Gasteiger partial charge is 0.0654 e. The van der Waals surface area contributed by atoms with Gasteiger partial charge in [-0.05, 0) is 47.5 Å². The zero-order valence-corrected chi connectivity index (χ0v) is 11.9. The van der Waals surface area contributed by atoms with Crippen LogP contribution in [-0.2, 0) is 5.41 Å². The van der Waals surface area contributed by atoms with Crippen LogP contribution in [0.1, 0.15) is 52.0 Å². The second-order valence-electron chi connectivity index (χ2n) is 7.25. The fourth-order valence-electron chi connectivity index (χ4n) is 6.65. The Morgan fingerprint density at radius 1 is 1.06 bits per heavy atom. The summed E-state index contributed by atoms with van der Waals surface area (Å²) in [6, 6.07) is 11.4. The number of rotatable bonds is 3. The molecular formula is C18H24. The van der Waals surface area contributed by atoms with Crippen LogP contribution in [0, 0.1) is 22.7 Å². The van der Waals surface area contributed by atoms with Crippen molar-refractivity contribution in [2.45, 2.75) is 51.9 Å². The Bertz CT molecular complexity index is 490. The van der Waals surface area contributed by atoms with E-state index in [2.05, 4.69) is 51.1 Å². The van der Waals surface area contributed by atoms with Crippen LogP contribution < -0.4 is 0 Å². The third-order valence-electron chi connectivity index (χ3n) is 7.32. The third kappa shape index (κ3) is 0.770. The highest BCUT2D eigenvalue weighted by Crippen LogP contribution is 2.97. The first-order chi connectivity index (χ1) is 8.64. The van der Waals surface area contributed by atoms with E-state index in [9.17, 15) is 0 Å². The summed E-state index contributed by atoms with van der Waals surface area (Å²) in [6.07, 6.45) is 5.72. The molecule has 0 bridgehead atoms. The predicted octanol–water partition coefficient (Wildman–Crippen LogP) is 4.79. The van der Waals surface area contributed by atoms with Crippen molar-refractivity contribution in [1.29, 1.82) is 0 Å². The van der Waals surface area contributed by atoms with Crippen molar-refractivity contribution in [2.24, 2.45) is 22.7 Å². The molecule has 0 aliphatic heterocycles. The van der Waals surface area contributed by atoms with Crippen molar-refractivity contribution >= 4 is 0 Å². The van der Waals surface area contributed by atoms with Gasteiger partial charge in [0.1, 0.15) is 0 Å². The van der Waals surface area contributed by atoms with E-state index in [1.807, 2.05) is 0 Å². The second-order valence-corrected chi connectivity index (χ2v) is 7.25. The molecule has 3 saturated carbocycles. The molecule has 0 N–H and O–H groups in total. The van der Waals surface area contributed by atoms with Crippen molar-refractivity contribution in [3.05, 3.63) is 35.9 Å². The standard InChI is InChI=1S/C18H24/c1-4-12-16(2)17(3)14-10-11-15(14)18(16,17)13-8-6-5-7-9-13/h5-9,14-15H,4,10-12H2,1-3H3/t14-,15-,16-,17+,18+/m1/s1. The number of hydrogen-bond donors (Lipinski definition) is 0. The highest BCUT2D eigenvalue weighted by molar-refractivity contribution is 5.55. The van der Waals surface area contributed by atoms with E-state index in [0.717, 1.165) is 11.8 Å². The topological polar surface area (TPSA) is 0 Å². The summed E-state index contributed by atoms with van der Waals surface area (Å²) in [5, 5.41) is 0. The molecule has 0 radical (unpaired) electrons. The van der Waals surface area contributed by atoms with Gasteiger partial charge in [0.05, 0.1) is 0 Å². The Labute approximate surface area is 111 Å². The lowest BCUT2D eigenvalue weighted by Crippen LogP contribution is -2.54. The van der Waals surface area contributed by atoms with Gasteiger partial charge in [-0.25, -0.2) is 0 Å². The summed E-state index contributed by atoms with van der Waals surface area (Å²) in [4.78, 5) is 0. The first kappa shape index (κ1) is 11.1. The molecule has 5 atom stereocenters. The van der Waals surface area contributed by atoms with Crippen LogP contribution in [0.5, 0.6) is 0 Å². The molecule has 1 aromatic carbocycles. The van der Waals surface area contributed by atoms with Gasteiger partial charge < -0.3 is 0 Å². The number of benzene rings is 1. The molecule has 96 valence electrons. The Kier molecular flexibility index (Phi) is 1.86. The molecule has 0 heterocycles. The fourth-order valence-corrected chi connectivity index (χ4v) is 6.65. The highest BCUT2D eigenvalue weighted by Gasteiger charge is 2.95. The molecule has 3 aliphatic rings. The van der Waals surface area contributed by atoms with Crippen LogP contribution in [0.15, 0.2) is 30.3 Å². The van der Waals surface area contributed by atoms with Crippen LogP contribution in [0.3, 0.4) is 0 Å². The van der Waals surface area contributed by atoms with E-state index in [4.69, 9.17) is 0 Å². The monoisotopic (exact) mass is 240 g/mol. The predicted molar refractivity (Wildman–Crippen MR) is 75.5 cm³/mol. The summed E-state index contributed by atoms with van der Waals surface area (Å²) >= 11 is 0. The molecule has 4 rings (SSSR count). The Balaban J connectivity index is 1.84. The molecule has 3 aliphatic carbocycles.